The maximum atomic E-state index is 12.6. The van der Waals surface area contributed by atoms with Gasteiger partial charge in [-0.15, -0.1) is 0 Å². The summed E-state index contributed by atoms with van der Waals surface area (Å²) in [6.07, 6.45) is 3.24. The quantitative estimate of drug-likeness (QED) is 0.784. The zero-order valence-electron chi connectivity index (χ0n) is 15.5. The minimum Gasteiger partial charge on any atom is -0.493 e. The van der Waals surface area contributed by atoms with E-state index in [0.717, 1.165) is 55.5 Å². The molecule has 140 valence electrons. The number of hydrogen-bond donors (Lipinski definition) is 0. The first kappa shape index (κ1) is 17.1. The van der Waals surface area contributed by atoms with Crippen molar-refractivity contribution in [1.29, 1.82) is 0 Å². The number of fused-ring (bicyclic) bond motifs is 1. The van der Waals surface area contributed by atoms with E-state index in [0.29, 0.717) is 12.5 Å². The van der Waals surface area contributed by atoms with Gasteiger partial charge in [0.15, 0.2) is 11.5 Å². The van der Waals surface area contributed by atoms with Gasteiger partial charge in [-0.3, -0.25) is 9.47 Å². The molecular weight excluding hydrogens is 332 g/mol. The van der Waals surface area contributed by atoms with Gasteiger partial charge in [-0.2, -0.15) is 5.10 Å². The highest BCUT2D eigenvalue weighted by Gasteiger charge is 2.26. The Kier molecular flexibility index (Phi) is 4.72. The number of rotatable bonds is 6. The van der Waals surface area contributed by atoms with Crippen LogP contribution < -0.4 is 15.2 Å². The molecule has 0 atom stereocenters. The van der Waals surface area contributed by atoms with Crippen molar-refractivity contribution in [2.24, 2.45) is 5.92 Å². The van der Waals surface area contributed by atoms with Gasteiger partial charge in [0, 0.05) is 44.7 Å². The molecule has 7 heteroatoms. The predicted molar refractivity (Wildman–Crippen MR) is 97.7 cm³/mol. The lowest BCUT2D eigenvalue weighted by Crippen LogP contribution is -2.30. The fourth-order valence-corrected chi connectivity index (χ4v) is 3.65. The minimum atomic E-state index is 0.0488. The van der Waals surface area contributed by atoms with Crippen LogP contribution in [0.2, 0.25) is 0 Å². The maximum Gasteiger partial charge on any atom is 0.345 e. The third-order valence-electron chi connectivity index (χ3n) is 5.30. The molecule has 1 aliphatic carbocycles. The molecule has 0 saturated heterocycles. The molecule has 1 fully saturated rings. The standard InChI is InChI=1S/C19H26N4O3/c1-25-16-5-3-4-15(18(16)26-2)13-21-9-8-17-20-23(12-14-6-7-14)19(24)22(17)11-10-21/h3-5,14H,6-13H2,1-2H3. The summed E-state index contributed by atoms with van der Waals surface area (Å²) in [5.41, 5.74) is 1.14. The van der Waals surface area contributed by atoms with Gasteiger partial charge in [-0.25, -0.2) is 9.48 Å². The molecule has 4 rings (SSSR count). The average Bonchev–Trinajstić information content (AvgIpc) is 3.44. The van der Waals surface area contributed by atoms with Crippen LogP contribution in [0.4, 0.5) is 0 Å². The lowest BCUT2D eigenvalue weighted by molar-refractivity contribution is 0.262. The molecule has 1 aromatic carbocycles. The van der Waals surface area contributed by atoms with E-state index in [4.69, 9.17) is 9.47 Å². The van der Waals surface area contributed by atoms with Crippen LogP contribution in [0.15, 0.2) is 23.0 Å². The molecule has 0 N–H and O–H groups in total. The van der Waals surface area contributed by atoms with Crippen molar-refractivity contribution in [3.8, 4) is 11.5 Å². The molecule has 0 amide bonds. The zero-order chi connectivity index (χ0) is 18.1. The van der Waals surface area contributed by atoms with Crippen LogP contribution >= 0.6 is 0 Å². The first-order chi connectivity index (χ1) is 12.7. The Labute approximate surface area is 153 Å². The number of benzene rings is 1. The summed E-state index contributed by atoms with van der Waals surface area (Å²) in [5.74, 6) is 3.10. The third-order valence-corrected chi connectivity index (χ3v) is 5.30. The number of para-hydroxylation sites is 1. The van der Waals surface area contributed by atoms with Crippen LogP contribution in [0, 0.1) is 5.92 Å². The summed E-state index contributed by atoms with van der Waals surface area (Å²) in [5, 5.41) is 4.59. The molecule has 1 aliphatic heterocycles. The topological polar surface area (TPSA) is 61.5 Å². The van der Waals surface area contributed by atoms with E-state index in [1.807, 2.05) is 16.7 Å². The lowest BCUT2D eigenvalue weighted by Gasteiger charge is -2.21. The van der Waals surface area contributed by atoms with E-state index in [9.17, 15) is 4.79 Å². The number of aromatic nitrogens is 3. The summed E-state index contributed by atoms with van der Waals surface area (Å²) < 4.78 is 14.5. The van der Waals surface area contributed by atoms with E-state index < -0.39 is 0 Å². The highest BCUT2D eigenvalue weighted by atomic mass is 16.5. The van der Waals surface area contributed by atoms with Gasteiger partial charge in [0.25, 0.3) is 0 Å². The first-order valence-corrected chi connectivity index (χ1v) is 9.28. The van der Waals surface area contributed by atoms with Crippen molar-refractivity contribution in [1.82, 2.24) is 19.2 Å². The Balaban J connectivity index is 1.47. The van der Waals surface area contributed by atoms with Gasteiger partial charge in [-0.05, 0) is 24.8 Å². The predicted octanol–water partition coefficient (Wildman–Crippen LogP) is 1.53. The van der Waals surface area contributed by atoms with E-state index in [-0.39, 0.29) is 5.69 Å². The lowest BCUT2D eigenvalue weighted by atomic mass is 10.1. The summed E-state index contributed by atoms with van der Waals surface area (Å²) in [7, 11) is 3.32. The fourth-order valence-electron chi connectivity index (χ4n) is 3.65. The van der Waals surface area contributed by atoms with Crippen LogP contribution in [0.3, 0.4) is 0 Å². The largest absolute Gasteiger partial charge is 0.493 e. The van der Waals surface area contributed by atoms with E-state index in [1.165, 1.54) is 12.8 Å². The Morgan fingerprint density at radius 3 is 2.73 bits per heavy atom. The Morgan fingerprint density at radius 1 is 1.15 bits per heavy atom. The molecule has 0 spiro atoms. The van der Waals surface area contributed by atoms with Crippen molar-refractivity contribution in [3.63, 3.8) is 0 Å². The first-order valence-electron chi connectivity index (χ1n) is 9.28. The number of ether oxygens (including phenoxy) is 2. The van der Waals surface area contributed by atoms with Crippen LogP contribution in [0.1, 0.15) is 24.2 Å². The Hall–Kier alpha value is -2.28. The fraction of sp³-hybridized carbons (Fsp3) is 0.579. The highest BCUT2D eigenvalue weighted by molar-refractivity contribution is 5.46. The molecule has 1 aromatic heterocycles. The van der Waals surface area contributed by atoms with E-state index in [2.05, 4.69) is 16.1 Å². The summed E-state index contributed by atoms with van der Waals surface area (Å²) in [6.45, 7) is 3.93. The van der Waals surface area contributed by atoms with Crippen molar-refractivity contribution >= 4 is 0 Å². The van der Waals surface area contributed by atoms with Crippen LogP contribution in [-0.2, 0) is 26.1 Å². The molecule has 2 aromatic rings. The number of methoxy groups -OCH3 is 2. The molecule has 0 radical (unpaired) electrons. The average molecular weight is 358 g/mol. The molecule has 26 heavy (non-hydrogen) atoms. The highest BCUT2D eigenvalue weighted by Crippen LogP contribution is 2.32. The van der Waals surface area contributed by atoms with Gasteiger partial charge in [-0.1, -0.05) is 12.1 Å². The monoisotopic (exact) mass is 358 g/mol. The van der Waals surface area contributed by atoms with Gasteiger partial charge in [0.2, 0.25) is 0 Å². The second kappa shape index (κ2) is 7.15. The smallest absolute Gasteiger partial charge is 0.345 e. The normalized spacial score (nSPS) is 17.6. The Morgan fingerprint density at radius 2 is 2.00 bits per heavy atom. The molecule has 2 aliphatic rings. The molecule has 1 saturated carbocycles. The van der Waals surface area contributed by atoms with Crippen LogP contribution in [0.25, 0.3) is 0 Å². The van der Waals surface area contributed by atoms with Crippen molar-refractivity contribution in [3.05, 3.63) is 40.1 Å². The van der Waals surface area contributed by atoms with E-state index >= 15 is 0 Å². The second-order valence-electron chi connectivity index (χ2n) is 7.15. The molecular formula is C19H26N4O3. The number of hydrogen-bond acceptors (Lipinski definition) is 5. The van der Waals surface area contributed by atoms with Crippen LogP contribution in [0.5, 0.6) is 11.5 Å². The molecule has 0 bridgehead atoms. The molecule has 7 nitrogen and oxygen atoms in total. The second-order valence-corrected chi connectivity index (χ2v) is 7.15. The molecule has 2 heterocycles. The van der Waals surface area contributed by atoms with Crippen molar-refractivity contribution in [2.45, 2.75) is 38.9 Å². The SMILES string of the molecule is COc1cccc(CN2CCc3nn(CC4CC4)c(=O)n3CC2)c1OC. The third kappa shape index (κ3) is 3.35. The maximum absolute atomic E-state index is 12.6. The van der Waals surface area contributed by atoms with Gasteiger partial charge >= 0.3 is 5.69 Å². The Bertz CT molecular complexity index is 838. The van der Waals surface area contributed by atoms with Gasteiger partial charge in [0.1, 0.15) is 5.82 Å². The minimum absolute atomic E-state index is 0.0488. The summed E-state index contributed by atoms with van der Waals surface area (Å²) in [6, 6.07) is 5.95. The summed E-state index contributed by atoms with van der Waals surface area (Å²) in [4.78, 5) is 14.9. The van der Waals surface area contributed by atoms with Gasteiger partial charge in [0.05, 0.1) is 14.2 Å². The number of nitrogens with zero attached hydrogens (tertiary/aromatic N) is 4. The van der Waals surface area contributed by atoms with Crippen molar-refractivity contribution in [2.75, 3.05) is 27.3 Å². The van der Waals surface area contributed by atoms with E-state index in [1.54, 1.807) is 18.9 Å². The van der Waals surface area contributed by atoms with Gasteiger partial charge < -0.3 is 9.47 Å². The van der Waals surface area contributed by atoms with Crippen LogP contribution in [-0.4, -0.2) is 46.6 Å². The summed E-state index contributed by atoms with van der Waals surface area (Å²) >= 11 is 0. The molecule has 0 unspecified atom stereocenters. The zero-order valence-corrected chi connectivity index (χ0v) is 15.5. The van der Waals surface area contributed by atoms with Crippen molar-refractivity contribution < 1.29 is 9.47 Å².